The third-order valence-corrected chi connectivity index (χ3v) is 3.25. The standard InChI is InChI=1S/C12H14Cl2N2O/c13-9-3-8(4-10(14)5-9)11(12(15)17)16-6-7-1-2-7/h3-5,7,11,16H,1-2,6H2,(H2,15,17). The summed E-state index contributed by atoms with van der Waals surface area (Å²) < 4.78 is 0. The summed E-state index contributed by atoms with van der Waals surface area (Å²) in [5.74, 6) is 0.260. The van der Waals surface area contributed by atoms with E-state index in [1.54, 1.807) is 18.2 Å². The molecule has 1 aliphatic carbocycles. The van der Waals surface area contributed by atoms with Gasteiger partial charge in [-0.1, -0.05) is 23.2 Å². The highest BCUT2D eigenvalue weighted by atomic mass is 35.5. The smallest absolute Gasteiger partial charge is 0.239 e. The molecule has 92 valence electrons. The van der Waals surface area contributed by atoms with Gasteiger partial charge in [-0.3, -0.25) is 4.79 Å². The van der Waals surface area contributed by atoms with E-state index in [2.05, 4.69) is 5.32 Å². The number of hydrogen-bond donors (Lipinski definition) is 2. The minimum absolute atomic E-state index is 0.413. The largest absolute Gasteiger partial charge is 0.368 e. The first-order valence-electron chi connectivity index (χ1n) is 5.55. The van der Waals surface area contributed by atoms with Gasteiger partial charge in [-0.2, -0.15) is 0 Å². The molecule has 1 saturated carbocycles. The average Bonchev–Trinajstić information content (AvgIpc) is 2.99. The van der Waals surface area contributed by atoms with Crippen molar-refractivity contribution in [3.63, 3.8) is 0 Å². The molecule has 3 nitrogen and oxygen atoms in total. The highest BCUT2D eigenvalue weighted by Crippen LogP contribution is 2.29. The number of nitrogens with two attached hydrogens (primary N) is 1. The minimum Gasteiger partial charge on any atom is -0.368 e. The molecule has 0 spiro atoms. The molecule has 1 amide bonds. The van der Waals surface area contributed by atoms with Crippen molar-refractivity contribution in [3.8, 4) is 0 Å². The number of rotatable bonds is 5. The second-order valence-electron chi connectivity index (χ2n) is 4.39. The summed E-state index contributed by atoms with van der Waals surface area (Å²) in [6.45, 7) is 0.803. The zero-order valence-electron chi connectivity index (χ0n) is 9.25. The molecular formula is C12H14Cl2N2O. The maximum atomic E-state index is 11.4. The van der Waals surface area contributed by atoms with E-state index in [-0.39, 0.29) is 0 Å². The van der Waals surface area contributed by atoms with Crippen molar-refractivity contribution >= 4 is 29.1 Å². The van der Waals surface area contributed by atoms with Crippen LogP contribution < -0.4 is 11.1 Å². The molecule has 2 rings (SSSR count). The van der Waals surface area contributed by atoms with Crippen molar-refractivity contribution < 1.29 is 4.79 Å². The van der Waals surface area contributed by atoms with Gasteiger partial charge in [0.1, 0.15) is 6.04 Å². The van der Waals surface area contributed by atoms with E-state index < -0.39 is 11.9 Å². The van der Waals surface area contributed by atoms with E-state index in [4.69, 9.17) is 28.9 Å². The Kier molecular flexibility index (Phi) is 3.92. The van der Waals surface area contributed by atoms with Gasteiger partial charge < -0.3 is 11.1 Å². The summed E-state index contributed by atoms with van der Waals surface area (Å²) in [6, 6.07) is 4.53. The van der Waals surface area contributed by atoms with Gasteiger partial charge in [0.15, 0.2) is 0 Å². The molecule has 1 fully saturated rings. The molecular weight excluding hydrogens is 259 g/mol. The van der Waals surface area contributed by atoms with Gasteiger partial charge in [0, 0.05) is 10.0 Å². The van der Waals surface area contributed by atoms with Crippen LogP contribution in [0.15, 0.2) is 18.2 Å². The van der Waals surface area contributed by atoms with Gasteiger partial charge in [-0.25, -0.2) is 0 Å². The Morgan fingerprint density at radius 2 is 1.94 bits per heavy atom. The SMILES string of the molecule is NC(=O)C(NCC1CC1)c1cc(Cl)cc(Cl)c1. The highest BCUT2D eigenvalue weighted by Gasteiger charge is 2.25. The van der Waals surface area contributed by atoms with Crippen LogP contribution in [-0.4, -0.2) is 12.5 Å². The maximum Gasteiger partial charge on any atom is 0.239 e. The lowest BCUT2D eigenvalue weighted by atomic mass is 10.1. The number of benzene rings is 1. The molecule has 3 N–H and O–H groups in total. The van der Waals surface area contributed by atoms with Gasteiger partial charge in [0.05, 0.1) is 0 Å². The summed E-state index contributed by atoms with van der Waals surface area (Å²) in [7, 11) is 0. The van der Waals surface area contributed by atoms with Gasteiger partial charge in [-0.15, -0.1) is 0 Å². The van der Waals surface area contributed by atoms with Gasteiger partial charge in [0.25, 0.3) is 0 Å². The van der Waals surface area contributed by atoms with Crippen molar-refractivity contribution in [2.45, 2.75) is 18.9 Å². The third-order valence-electron chi connectivity index (χ3n) is 2.81. The number of carbonyl (C=O) groups is 1. The molecule has 1 aliphatic rings. The van der Waals surface area contributed by atoms with E-state index in [9.17, 15) is 4.79 Å². The number of nitrogens with one attached hydrogen (secondary N) is 1. The second kappa shape index (κ2) is 5.25. The Hall–Kier alpha value is -0.770. The fraction of sp³-hybridized carbons (Fsp3) is 0.417. The van der Waals surface area contributed by atoms with E-state index in [0.29, 0.717) is 16.0 Å². The summed E-state index contributed by atoms with van der Waals surface area (Å²) in [6.07, 6.45) is 2.43. The lowest BCUT2D eigenvalue weighted by Crippen LogP contribution is -2.34. The van der Waals surface area contributed by atoms with Crippen molar-refractivity contribution in [2.24, 2.45) is 11.7 Å². The second-order valence-corrected chi connectivity index (χ2v) is 5.26. The summed E-state index contributed by atoms with van der Waals surface area (Å²) >= 11 is 11.8. The normalized spacial score (nSPS) is 16.8. The molecule has 0 saturated heterocycles. The van der Waals surface area contributed by atoms with Crippen LogP contribution in [0.3, 0.4) is 0 Å². The monoisotopic (exact) mass is 272 g/mol. The van der Waals surface area contributed by atoms with Gasteiger partial charge in [0.2, 0.25) is 5.91 Å². The van der Waals surface area contributed by atoms with Crippen LogP contribution in [-0.2, 0) is 4.79 Å². The van der Waals surface area contributed by atoms with Crippen molar-refractivity contribution in [3.05, 3.63) is 33.8 Å². The molecule has 0 bridgehead atoms. The molecule has 1 aromatic rings. The Balaban J connectivity index is 2.14. The summed E-state index contributed by atoms with van der Waals surface area (Å²) in [5.41, 5.74) is 6.11. The van der Waals surface area contributed by atoms with Crippen LogP contribution >= 0.6 is 23.2 Å². The zero-order valence-corrected chi connectivity index (χ0v) is 10.8. The van der Waals surface area contributed by atoms with Crippen LogP contribution in [0, 0.1) is 5.92 Å². The fourth-order valence-corrected chi connectivity index (χ4v) is 2.27. The number of carbonyl (C=O) groups excluding carboxylic acids is 1. The quantitative estimate of drug-likeness (QED) is 0.866. The van der Waals surface area contributed by atoms with E-state index in [1.807, 2.05) is 0 Å². The molecule has 1 unspecified atom stereocenters. The van der Waals surface area contributed by atoms with Crippen molar-refractivity contribution in [1.29, 1.82) is 0 Å². The molecule has 5 heteroatoms. The Morgan fingerprint density at radius 1 is 1.35 bits per heavy atom. The van der Waals surface area contributed by atoms with E-state index >= 15 is 0 Å². The van der Waals surface area contributed by atoms with Crippen LogP contribution in [0.25, 0.3) is 0 Å². The first-order chi connectivity index (χ1) is 8.06. The van der Waals surface area contributed by atoms with Crippen LogP contribution in [0.1, 0.15) is 24.4 Å². The molecule has 17 heavy (non-hydrogen) atoms. The molecule has 0 radical (unpaired) electrons. The summed E-state index contributed by atoms with van der Waals surface area (Å²) in [5, 5.41) is 4.17. The first kappa shape index (κ1) is 12.7. The van der Waals surface area contributed by atoms with Crippen molar-refractivity contribution in [1.82, 2.24) is 5.32 Å². The van der Waals surface area contributed by atoms with Crippen LogP contribution in [0.5, 0.6) is 0 Å². The molecule has 0 heterocycles. The van der Waals surface area contributed by atoms with Gasteiger partial charge >= 0.3 is 0 Å². The number of primary amides is 1. The first-order valence-corrected chi connectivity index (χ1v) is 6.30. The lowest BCUT2D eigenvalue weighted by molar-refractivity contribution is -0.120. The topological polar surface area (TPSA) is 55.1 Å². The Morgan fingerprint density at radius 3 is 2.41 bits per heavy atom. The predicted octanol–water partition coefficient (Wildman–Crippen LogP) is 2.52. The molecule has 0 aliphatic heterocycles. The van der Waals surface area contributed by atoms with Crippen LogP contribution in [0.4, 0.5) is 0 Å². The predicted molar refractivity (Wildman–Crippen MR) is 69.1 cm³/mol. The van der Waals surface area contributed by atoms with Crippen LogP contribution in [0.2, 0.25) is 10.0 Å². The average molecular weight is 273 g/mol. The minimum atomic E-state index is -0.521. The van der Waals surface area contributed by atoms with E-state index in [0.717, 1.165) is 12.1 Å². The number of hydrogen-bond acceptors (Lipinski definition) is 2. The Bertz CT molecular complexity index is 412. The fourth-order valence-electron chi connectivity index (χ4n) is 1.73. The molecule has 0 aromatic heterocycles. The Labute approximate surface area is 110 Å². The number of halogens is 2. The molecule has 1 aromatic carbocycles. The lowest BCUT2D eigenvalue weighted by Gasteiger charge is -2.16. The number of amides is 1. The highest BCUT2D eigenvalue weighted by molar-refractivity contribution is 6.34. The van der Waals surface area contributed by atoms with Gasteiger partial charge in [-0.05, 0) is 49.1 Å². The maximum absolute atomic E-state index is 11.4. The third kappa shape index (κ3) is 3.60. The zero-order chi connectivity index (χ0) is 12.4. The van der Waals surface area contributed by atoms with Crippen molar-refractivity contribution in [2.75, 3.05) is 6.54 Å². The van der Waals surface area contributed by atoms with E-state index in [1.165, 1.54) is 12.8 Å². The molecule has 1 atom stereocenters. The summed E-state index contributed by atoms with van der Waals surface area (Å²) in [4.78, 5) is 11.4.